The fraction of sp³-hybridized carbons (Fsp3) is 0. The molecule has 6 nitrogen and oxygen atoms in total. The number of nitrogens with zero attached hydrogens (tertiary/aromatic N) is 6. The molecule has 0 atom stereocenters. The summed E-state index contributed by atoms with van der Waals surface area (Å²) in [5.41, 5.74) is 10.7. The molecule has 0 bridgehead atoms. The number of hydrogen-bond donors (Lipinski definition) is 0. The third-order valence-electron chi connectivity index (χ3n) is 11.8. The summed E-state index contributed by atoms with van der Waals surface area (Å²) in [5, 5.41) is 7.00. The molecule has 12 aromatic rings. The molecule has 0 radical (unpaired) electrons. The second-order valence-electron chi connectivity index (χ2n) is 15.7. The first-order valence-electron chi connectivity index (χ1n) is 21.1. The summed E-state index contributed by atoms with van der Waals surface area (Å²) in [7, 11) is 0. The average molecular weight is 805 g/mol. The Labute approximate surface area is 363 Å². The molecule has 0 saturated carbocycles. The van der Waals surface area contributed by atoms with Crippen molar-refractivity contribution >= 4 is 43.4 Å². The summed E-state index contributed by atoms with van der Waals surface area (Å²) in [6.45, 7) is 0. The van der Waals surface area contributed by atoms with E-state index in [0.717, 1.165) is 77.5 Å². The van der Waals surface area contributed by atoms with Crippen LogP contribution in [0.5, 0.6) is 0 Å². The Morgan fingerprint density at radius 2 is 0.762 bits per heavy atom. The van der Waals surface area contributed by atoms with Crippen molar-refractivity contribution in [3.8, 4) is 73.8 Å². The molecule has 0 amide bonds. The van der Waals surface area contributed by atoms with Crippen molar-refractivity contribution in [3.63, 3.8) is 0 Å². The molecule has 0 fully saturated rings. The van der Waals surface area contributed by atoms with Gasteiger partial charge in [-0.3, -0.25) is 4.57 Å². The molecule has 0 saturated heterocycles. The second kappa shape index (κ2) is 15.1. The van der Waals surface area contributed by atoms with Gasteiger partial charge >= 0.3 is 0 Å². The van der Waals surface area contributed by atoms with Gasteiger partial charge < -0.3 is 0 Å². The molecule has 0 spiro atoms. The van der Waals surface area contributed by atoms with Crippen molar-refractivity contribution in [1.82, 2.24) is 29.5 Å². The van der Waals surface area contributed by atoms with Crippen molar-refractivity contribution in [2.45, 2.75) is 0 Å². The van der Waals surface area contributed by atoms with E-state index >= 15 is 0 Å². The minimum absolute atomic E-state index is 0.560. The molecule has 9 aromatic carbocycles. The van der Waals surface area contributed by atoms with E-state index in [0.29, 0.717) is 23.4 Å². The Balaban J connectivity index is 1.03. The first-order chi connectivity index (χ1) is 31.2. The number of rotatable bonds is 7. The van der Waals surface area contributed by atoms with Gasteiger partial charge in [0.1, 0.15) is 0 Å². The third kappa shape index (κ3) is 6.49. The lowest BCUT2D eigenvalue weighted by molar-refractivity contribution is 0.955. The van der Waals surface area contributed by atoms with Crippen LogP contribution >= 0.6 is 0 Å². The van der Waals surface area contributed by atoms with Gasteiger partial charge in [0.15, 0.2) is 17.5 Å². The topological polar surface area (TPSA) is 69.4 Å². The van der Waals surface area contributed by atoms with Gasteiger partial charge in [-0.2, -0.15) is 9.97 Å². The molecule has 0 aliphatic carbocycles. The van der Waals surface area contributed by atoms with E-state index < -0.39 is 0 Å². The number of fused-ring (bicyclic) bond motifs is 7. The van der Waals surface area contributed by atoms with Gasteiger partial charge in [0, 0.05) is 44.0 Å². The minimum Gasteiger partial charge on any atom is -0.277 e. The summed E-state index contributed by atoms with van der Waals surface area (Å²) in [4.78, 5) is 25.9. The summed E-state index contributed by atoms with van der Waals surface area (Å²) in [6, 6.07) is 75.7. The first kappa shape index (κ1) is 36.3. The average Bonchev–Trinajstić information content (AvgIpc) is 3.72. The number of benzene rings is 9. The molecule has 3 aromatic heterocycles. The summed E-state index contributed by atoms with van der Waals surface area (Å²) in [6.07, 6.45) is 0. The van der Waals surface area contributed by atoms with Crippen LogP contribution in [0.3, 0.4) is 0 Å². The largest absolute Gasteiger partial charge is 0.277 e. The van der Waals surface area contributed by atoms with E-state index in [9.17, 15) is 0 Å². The van der Waals surface area contributed by atoms with Crippen LogP contribution in [0.15, 0.2) is 218 Å². The molecule has 63 heavy (non-hydrogen) atoms. The molecule has 0 aliphatic rings. The highest BCUT2D eigenvalue weighted by atomic mass is 15.2. The molecule has 0 aliphatic heterocycles. The summed E-state index contributed by atoms with van der Waals surface area (Å²) in [5.74, 6) is 2.43. The molecular weight excluding hydrogens is 769 g/mol. The van der Waals surface area contributed by atoms with Gasteiger partial charge in [0.2, 0.25) is 5.95 Å². The van der Waals surface area contributed by atoms with Gasteiger partial charge in [-0.1, -0.05) is 194 Å². The predicted octanol–water partition coefficient (Wildman–Crippen LogP) is 14.1. The van der Waals surface area contributed by atoms with E-state index in [-0.39, 0.29) is 0 Å². The lowest BCUT2D eigenvalue weighted by Gasteiger charge is -2.13. The van der Waals surface area contributed by atoms with Gasteiger partial charge in [0.05, 0.1) is 22.4 Å². The highest BCUT2D eigenvalue weighted by molar-refractivity contribution is 6.25. The van der Waals surface area contributed by atoms with Crippen LogP contribution in [-0.4, -0.2) is 29.5 Å². The van der Waals surface area contributed by atoms with Gasteiger partial charge in [-0.25, -0.2) is 15.0 Å². The molecule has 3 heterocycles. The van der Waals surface area contributed by atoms with Crippen LogP contribution in [-0.2, 0) is 0 Å². The normalized spacial score (nSPS) is 11.5. The molecule has 0 unspecified atom stereocenters. The smallest absolute Gasteiger partial charge is 0.238 e. The van der Waals surface area contributed by atoms with E-state index in [1.165, 1.54) is 16.2 Å². The lowest BCUT2D eigenvalue weighted by Crippen LogP contribution is -2.06. The van der Waals surface area contributed by atoms with Gasteiger partial charge in [-0.05, 0) is 51.6 Å². The van der Waals surface area contributed by atoms with Crippen molar-refractivity contribution in [1.29, 1.82) is 0 Å². The van der Waals surface area contributed by atoms with E-state index in [1.54, 1.807) is 0 Å². The number of hydrogen-bond acceptors (Lipinski definition) is 5. The van der Waals surface area contributed by atoms with Crippen LogP contribution in [0.25, 0.3) is 117 Å². The zero-order valence-electron chi connectivity index (χ0n) is 34.0. The van der Waals surface area contributed by atoms with Crippen molar-refractivity contribution in [2.24, 2.45) is 0 Å². The van der Waals surface area contributed by atoms with E-state index in [4.69, 9.17) is 24.9 Å². The van der Waals surface area contributed by atoms with Crippen LogP contribution < -0.4 is 0 Å². The highest BCUT2D eigenvalue weighted by Crippen LogP contribution is 2.40. The SMILES string of the molecule is c1ccc(-c2cc(-c3cccc(-c4cccc(-c5nc(-c6ccccc6)nc(-n6c7ccc8ccccc8c7c7ccc8ccccc8c76)n5)c4)c3)nc(-c3ccccc3)n2)cc1. The Morgan fingerprint density at radius 3 is 1.44 bits per heavy atom. The summed E-state index contributed by atoms with van der Waals surface area (Å²) < 4.78 is 2.24. The van der Waals surface area contributed by atoms with Gasteiger partial charge in [0.25, 0.3) is 0 Å². The predicted molar refractivity (Wildman–Crippen MR) is 257 cm³/mol. The van der Waals surface area contributed by atoms with Crippen LogP contribution in [0.2, 0.25) is 0 Å². The molecule has 12 rings (SSSR count). The zero-order chi connectivity index (χ0) is 41.7. The Kier molecular flexibility index (Phi) is 8.71. The lowest BCUT2D eigenvalue weighted by atomic mass is 9.99. The molecule has 6 heteroatoms. The first-order valence-corrected chi connectivity index (χ1v) is 21.1. The maximum absolute atomic E-state index is 5.36. The Bertz CT molecular complexity index is 3620. The molecular formula is C57H36N6. The fourth-order valence-electron chi connectivity index (χ4n) is 8.83. The highest BCUT2D eigenvalue weighted by Gasteiger charge is 2.21. The standard InChI is InChI=1S/C57H36N6/c1-4-18-39(19-5-1)49-36-50(59-54(58-49)40-20-6-2-7-21-40)44-26-14-24-42(34-44)43-25-15-27-45(35-43)56-60-55(41-22-8-3-9-23-41)61-57(62-56)63-51-33-31-37-16-10-12-28-46(37)52(51)48-32-30-38-17-11-13-29-47(38)53(48)63/h1-36H. The third-order valence-corrected chi connectivity index (χ3v) is 11.8. The maximum atomic E-state index is 5.36. The molecule has 0 N–H and O–H groups in total. The van der Waals surface area contributed by atoms with Crippen molar-refractivity contribution < 1.29 is 0 Å². The van der Waals surface area contributed by atoms with Gasteiger partial charge in [-0.15, -0.1) is 0 Å². The summed E-state index contributed by atoms with van der Waals surface area (Å²) >= 11 is 0. The van der Waals surface area contributed by atoms with E-state index in [2.05, 4.69) is 168 Å². The van der Waals surface area contributed by atoms with Crippen LogP contribution in [0, 0.1) is 0 Å². The monoisotopic (exact) mass is 804 g/mol. The van der Waals surface area contributed by atoms with E-state index in [1.807, 2.05) is 54.6 Å². The minimum atomic E-state index is 0.560. The number of aromatic nitrogens is 6. The Morgan fingerprint density at radius 1 is 0.286 bits per heavy atom. The van der Waals surface area contributed by atoms with Crippen molar-refractivity contribution in [2.75, 3.05) is 0 Å². The van der Waals surface area contributed by atoms with Crippen LogP contribution in [0.4, 0.5) is 0 Å². The quantitative estimate of drug-likeness (QED) is 0.160. The maximum Gasteiger partial charge on any atom is 0.238 e. The van der Waals surface area contributed by atoms with Crippen LogP contribution in [0.1, 0.15) is 0 Å². The zero-order valence-corrected chi connectivity index (χ0v) is 34.0. The Hall–Kier alpha value is -8.61. The van der Waals surface area contributed by atoms with Crippen molar-refractivity contribution in [3.05, 3.63) is 218 Å². The fourth-order valence-corrected chi connectivity index (χ4v) is 8.83. The second-order valence-corrected chi connectivity index (χ2v) is 15.7. The molecule has 294 valence electrons.